The molecule has 0 amide bonds. The van der Waals surface area contributed by atoms with E-state index in [1.54, 1.807) is 12.1 Å². The molecular weight excluding hydrogens is 359 g/mol. The maximum absolute atomic E-state index is 13.4. The van der Waals surface area contributed by atoms with Gasteiger partial charge >= 0.3 is 0 Å². The summed E-state index contributed by atoms with van der Waals surface area (Å²) in [5.74, 6) is 0.296. The molecule has 1 N–H and O–H groups in total. The number of halogens is 1. The largest absolute Gasteiger partial charge is 0.314 e. The van der Waals surface area contributed by atoms with Crippen molar-refractivity contribution in [3.63, 3.8) is 0 Å². The van der Waals surface area contributed by atoms with Gasteiger partial charge in [-0.05, 0) is 45.9 Å². The second-order valence-corrected chi connectivity index (χ2v) is 8.14. The lowest BCUT2D eigenvalue weighted by Gasteiger charge is -2.37. The minimum absolute atomic E-state index is 0.181. The van der Waals surface area contributed by atoms with Gasteiger partial charge in [0, 0.05) is 32.2 Å². The van der Waals surface area contributed by atoms with E-state index in [0.29, 0.717) is 5.92 Å². The van der Waals surface area contributed by atoms with Gasteiger partial charge in [0.15, 0.2) is 0 Å². The first kappa shape index (κ1) is 19.8. The van der Waals surface area contributed by atoms with Gasteiger partial charge in [0.1, 0.15) is 5.82 Å². The molecular formula is C26H29FN2. The molecule has 3 heteroatoms. The Labute approximate surface area is 173 Å². The van der Waals surface area contributed by atoms with Crippen molar-refractivity contribution in [3.8, 4) is 11.1 Å². The predicted octanol–water partition coefficient (Wildman–Crippen LogP) is 5.76. The molecule has 1 aliphatic rings. The summed E-state index contributed by atoms with van der Waals surface area (Å²) < 4.78 is 13.4. The van der Waals surface area contributed by atoms with E-state index >= 15 is 0 Å². The fourth-order valence-corrected chi connectivity index (χ4v) is 4.33. The highest BCUT2D eigenvalue weighted by Crippen LogP contribution is 2.33. The van der Waals surface area contributed by atoms with Crippen LogP contribution >= 0.6 is 0 Å². The Morgan fingerprint density at radius 2 is 1.62 bits per heavy atom. The Kier molecular flexibility index (Phi) is 6.08. The van der Waals surface area contributed by atoms with Gasteiger partial charge in [-0.15, -0.1) is 0 Å². The SMILES string of the molecule is CC(C)c1ccccc1-c1ccccc1CN1CCNC[C@@H]1c1ccc(F)cc1. The highest BCUT2D eigenvalue weighted by molar-refractivity contribution is 5.71. The lowest BCUT2D eigenvalue weighted by atomic mass is 9.90. The maximum atomic E-state index is 13.4. The van der Waals surface area contributed by atoms with E-state index in [4.69, 9.17) is 0 Å². The molecule has 0 spiro atoms. The Morgan fingerprint density at radius 1 is 0.931 bits per heavy atom. The van der Waals surface area contributed by atoms with Crippen LogP contribution in [0.1, 0.15) is 42.5 Å². The van der Waals surface area contributed by atoms with Crippen molar-refractivity contribution in [3.05, 3.63) is 95.3 Å². The number of piperazine rings is 1. The van der Waals surface area contributed by atoms with E-state index in [1.807, 2.05) is 12.1 Å². The van der Waals surface area contributed by atoms with Crippen molar-refractivity contribution >= 4 is 0 Å². The topological polar surface area (TPSA) is 15.3 Å². The molecule has 2 nitrogen and oxygen atoms in total. The molecule has 0 aromatic heterocycles. The van der Waals surface area contributed by atoms with Crippen LogP contribution in [0, 0.1) is 5.82 Å². The van der Waals surface area contributed by atoms with E-state index in [2.05, 4.69) is 72.6 Å². The Balaban J connectivity index is 1.67. The lowest BCUT2D eigenvalue weighted by molar-refractivity contribution is 0.154. The van der Waals surface area contributed by atoms with Crippen molar-refractivity contribution in [2.24, 2.45) is 0 Å². The van der Waals surface area contributed by atoms with Crippen LogP contribution in [0.3, 0.4) is 0 Å². The average Bonchev–Trinajstić information content (AvgIpc) is 2.75. The number of hydrogen-bond acceptors (Lipinski definition) is 2. The summed E-state index contributed by atoms with van der Waals surface area (Å²) in [5, 5.41) is 3.50. The summed E-state index contributed by atoms with van der Waals surface area (Å²) in [6.45, 7) is 8.22. The third kappa shape index (κ3) is 4.42. The molecule has 0 radical (unpaired) electrons. The van der Waals surface area contributed by atoms with E-state index in [0.717, 1.165) is 26.2 Å². The Bertz CT molecular complexity index is 949. The van der Waals surface area contributed by atoms with E-state index < -0.39 is 0 Å². The zero-order valence-corrected chi connectivity index (χ0v) is 17.2. The molecule has 1 aliphatic heterocycles. The van der Waals surface area contributed by atoms with Crippen molar-refractivity contribution < 1.29 is 4.39 Å². The summed E-state index contributed by atoms with van der Waals surface area (Å²) in [5.41, 5.74) is 6.53. The third-order valence-electron chi connectivity index (χ3n) is 5.87. The molecule has 0 unspecified atom stereocenters. The van der Waals surface area contributed by atoms with Crippen LogP contribution in [-0.2, 0) is 6.54 Å². The van der Waals surface area contributed by atoms with Crippen molar-refractivity contribution in [2.75, 3.05) is 19.6 Å². The van der Waals surface area contributed by atoms with Gasteiger partial charge in [-0.25, -0.2) is 4.39 Å². The monoisotopic (exact) mass is 388 g/mol. The van der Waals surface area contributed by atoms with Gasteiger partial charge < -0.3 is 5.32 Å². The molecule has 0 aliphatic carbocycles. The molecule has 1 fully saturated rings. The summed E-state index contributed by atoms with van der Waals surface area (Å²) in [6, 6.07) is 24.7. The number of nitrogens with zero attached hydrogens (tertiary/aromatic N) is 1. The number of nitrogens with one attached hydrogen (secondary N) is 1. The van der Waals surface area contributed by atoms with Gasteiger partial charge in [-0.3, -0.25) is 4.90 Å². The first-order chi connectivity index (χ1) is 14.1. The van der Waals surface area contributed by atoms with Crippen LogP contribution < -0.4 is 5.32 Å². The summed E-state index contributed by atoms with van der Waals surface area (Å²) in [4.78, 5) is 2.51. The number of benzene rings is 3. The predicted molar refractivity (Wildman–Crippen MR) is 118 cm³/mol. The molecule has 1 atom stereocenters. The van der Waals surface area contributed by atoms with Crippen LogP contribution in [-0.4, -0.2) is 24.5 Å². The molecule has 1 saturated heterocycles. The molecule has 1 heterocycles. The second kappa shape index (κ2) is 8.89. The van der Waals surface area contributed by atoms with E-state index in [-0.39, 0.29) is 11.9 Å². The molecule has 3 aromatic carbocycles. The molecule has 0 bridgehead atoms. The van der Waals surface area contributed by atoms with Gasteiger partial charge in [0.25, 0.3) is 0 Å². The fourth-order valence-electron chi connectivity index (χ4n) is 4.33. The van der Waals surface area contributed by atoms with Gasteiger partial charge in [0.05, 0.1) is 0 Å². The molecule has 4 rings (SSSR count). The zero-order valence-electron chi connectivity index (χ0n) is 17.2. The van der Waals surface area contributed by atoms with Crippen molar-refractivity contribution in [1.29, 1.82) is 0 Å². The number of rotatable bonds is 5. The molecule has 150 valence electrons. The Hall–Kier alpha value is -2.49. The highest BCUT2D eigenvalue weighted by Gasteiger charge is 2.25. The van der Waals surface area contributed by atoms with Crippen LogP contribution in [0.15, 0.2) is 72.8 Å². The maximum Gasteiger partial charge on any atom is 0.123 e. The van der Waals surface area contributed by atoms with Crippen LogP contribution in [0.4, 0.5) is 4.39 Å². The third-order valence-corrected chi connectivity index (χ3v) is 5.87. The fraction of sp³-hybridized carbons (Fsp3) is 0.308. The second-order valence-electron chi connectivity index (χ2n) is 8.14. The smallest absolute Gasteiger partial charge is 0.123 e. The van der Waals surface area contributed by atoms with Crippen molar-refractivity contribution in [1.82, 2.24) is 10.2 Å². The quantitative estimate of drug-likeness (QED) is 0.597. The van der Waals surface area contributed by atoms with Gasteiger partial charge in [-0.1, -0.05) is 74.5 Å². The summed E-state index contributed by atoms with van der Waals surface area (Å²) >= 11 is 0. The van der Waals surface area contributed by atoms with Crippen LogP contribution in [0.5, 0.6) is 0 Å². The highest BCUT2D eigenvalue weighted by atomic mass is 19.1. The summed E-state index contributed by atoms with van der Waals surface area (Å²) in [7, 11) is 0. The minimum Gasteiger partial charge on any atom is -0.314 e. The minimum atomic E-state index is -0.181. The van der Waals surface area contributed by atoms with Crippen LogP contribution in [0.2, 0.25) is 0 Å². The van der Waals surface area contributed by atoms with Gasteiger partial charge in [-0.2, -0.15) is 0 Å². The first-order valence-electron chi connectivity index (χ1n) is 10.5. The lowest BCUT2D eigenvalue weighted by Crippen LogP contribution is -2.45. The molecule has 0 saturated carbocycles. The van der Waals surface area contributed by atoms with Crippen molar-refractivity contribution in [2.45, 2.75) is 32.4 Å². The molecule has 29 heavy (non-hydrogen) atoms. The normalized spacial score (nSPS) is 17.6. The Morgan fingerprint density at radius 3 is 2.38 bits per heavy atom. The molecule has 3 aromatic rings. The van der Waals surface area contributed by atoms with Crippen LogP contribution in [0.25, 0.3) is 11.1 Å². The van der Waals surface area contributed by atoms with E-state index in [1.165, 1.54) is 27.8 Å². The zero-order chi connectivity index (χ0) is 20.2. The summed E-state index contributed by atoms with van der Waals surface area (Å²) in [6.07, 6.45) is 0. The number of hydrogen-bond donors (Lipinski definition) is 1. The standard InChI is InChI=1S/C26H29FN2/c1-19(2)23-8-5-6-10-25(23)24-9-4-3-7-21(24)18-29-16-15-28-17-26(29)20-11-13-22(27)14-12-20/h3-14,19,26,28H,15-18H2,1-2H3/t26-/m1/s1. The van der Waals surface area contributed by atoms with E-state index in [9.17, 15) is 4.39 Å². The average molecular weight is 389 g/mol. The first-order valence-corrected chi connectivity index (χ1v) is 10.5. The van der Waals surface area contributed by atoms with Gasteiger partial charge in [0.2, 0.25) is 0 Å².